The molecule has 0 N–H and O–H groups in total. The van der Waals surface area contributed by atoms with Crippen LogP contribution in [-0.2, 0) is 0 Å². The van der Waals surface area contributed by atoms with Gasteiger partial charge in [0.1, 0.15) is 0 Å². The predicted molar refractivity (Wildman–Crippen MR) is 50.4 cm³/mol. The molecule has 0 radical (unpaired) electrons. The van der Waals surface area contributed by atoms with Crippen LogP contribution in [0, 0.1) is 16.7 Å². The summed E-state index contributed by atoms with van der Waals surface area (Å²) in [5.41, 5.74) is 1.81. The molecule has 62 valence electrons. The van der Waals surface area contributed by atoms with Crippen molar-refractivity contribution in [2.24, 2.45) is 5.41 Å². The summed E-state index contributed by atoms with van der Waals surface area (Å²) in [4.78, 5) is 0. The summed E-state index contributed by atoms with van der Waals surface area (Å²) >= 11 is 0. The zero-order chi connectivity index (χ0) is 9.19. The van der Waals surface area contributed by atoms with Gasteiger partial charge in [0.25, 0.3) is 0 Å². The summed E-state index contributed by atoms with van der Waals surface area (Å²) in [6, 6.07) is 2.34. The Hall–Kier alpha value is -1.29. The Balaban J connectivity index is 2.97. The highest BCUT2D eigenvalue weighted by Gasteiger charge is 2.46. The lowest BCUT2D eigenvalue weighted by atomic mass is 9.92. The molecule has 0 aromatic rings. The Morgan fingerprint density at radius 1 is 1.58 bits per heavy atom. The van der Waals surface area contributed by atoms with Gasteiger partial charge in [-0.05, 0) is 25.3 Å². The summed E-state index contributed by atoms with van der Waals surface area (Å²) in [6.45, 7) is 9.43. The first kappa shape index (κ1) is 8.80. The van der Waals surface area contributed by atoms with Crippen LogP contribution >= 0.6 is 0 Å². The molecule has 1 aliphatic carbocycles. The van der Waals surface area contributed by atoms with E-state index in [-0.39, 0.29) is 5.41 Å². The van der Waals surface area contributed by atoms with Crippen molar-refractivity contribution in [1.29, 1.82) is 5.26 Å². The fraction of sp³-hybridized carbons (Fsp3) is 0.364. The van der Waals surface area contributed by atoms with Gasteiger partial charge in [-0.15, -0.1) is 0 Å². The van der Waals surface area contributed by atoms with Crippen molar-refractivity contribution in [1.82, 2.24) is 0 Å². The van der Waals surface area contributed by atoms with Gasteiger partial charge in [0, 0.05) is 0 Å². The standard InChI is InChI=1S/C11H13N/c1-4-5-10(9(2)3)11(8-12)6-7-11/h4-5H,1-2,6-7H2,3H3/b10-5+. The topological polar surface area (TPSA) is 23.8 Å². The van der Waals surface area contributed by atoms with Gasteiger partial charge in [-0.3, -0.25) is 0 Å². The Kier molecular flexibility index (Phi) is 2.19. The van der Waals surface area contributed by atoms with Crippen molar-refractivity contribution in [3.05, 3.63) is 36.5 Å². The van der Waals surface area contributed by atoms with E-state index in [2.05, 4.69) is 19.2 Å². The van der Waals surface area contributed by atoms with Crippen molar-refractivity contribution < 1.29 is 0 Å². The molecule has 12 heavy (non-hydrogen) atoms. The Morgan fingerprint density at radius 3 is 2.42 bits per heavy atom. The Morgan fingerprint density at radius 2 is 2.17 bits per heavy atom. The van der Waals surface area contributed by atoms with Gasteiger partial charge in [0.2, 0.25) is 0 Å². The van der Waals surface area contributed by atoms with Crippen molar-refractivity contribution in [2.75, 3.05) is 0 Å². The van der Waals surface area contributed by atoms with Crippen LogP contribution < -0.4 is 0 Å². The third-order valence-electron chi connectivity index (χ3n) is 2.22. The molecule has 1 fully saturated rings. The van der Waals surface area contributed by atoms with E-state index in [1.807, 2.05) is 13.0 Å². The third-order valence-corrected chi connectivity index (χ3v) is 2.22. The zero-order valence-corrected chi connectivity index (χ0v) is 7.43. The molecule has 0 saturated heterocycles. The third kappa shape index (κ3) is 1.33. The van der Waals surface area contributed by atoms with Crippen molar-refractivity contribution in [3.8, 4) is 6.07 Å². The van der Waals surface area contributed by atoms with Crippen LogP contribution in [0.25, 0.3) is 0 Å². The highest BCUT2D eigenvalue weighted by atomic mass is 14.5. The normalized spacial score (nSPS) is 19.5. The molecule has 0 spiro atoms. The second kappa shape index (κ2) is 2.98. The summed E-state index contributed by atoms with van der Waals surface area (Å²) in [7, 11) is 0. The lowest BCUT2D eigenvalue weighted by Crippen LogP contribution is -2.01. The quantitative estimate of drug-likeness (QED) is 0.581. The fourth-order valence-electron chi connectivity index (χ4n) is 1.39. The molecule has 0 aromatic carbocycles. The number of hydrogen-bond acceptors (Lipinski definition) is 1. The van der Waals surface area contributed by atoms with Gasteiger partial charge < -0.3 is 0 Å². The van der Waals surface area contributed by atoms with Gasteiger partial charge in [-0.25, -0.2) is 0 Å². The van der Waals surface area contributed by atoms with E-state index in [1.165, 1.54) is 0 Å². The minimum atomic E-state index is -0.222. The molecule has 1 saturated carbocycles. The average Bonchev–Trinajstić information content (AvgIpc) is 2.80. The molecule has 0 aromatic heterocycles. The number of hydrogen-bond donors (Lipinski definition) is 0. The Labute approximate surface area is 73.7 Å². The fourth-order valence-corrected chi connectivity index (χ4v) is 1.39. The van der Waals surface area contributed by atoms with Gasteiger partial charge in [0.05, 0.1) is 11.5 Å². The van der Waals surface area contributed by atoms with Crippen LogP contribution in [0.3, 0.4) is 0 Å². The van der Waals surface area contributed by atoms with Crippen LogP contribution in [0.5, 0.6) is 0 Å². The monoisotopic (exact) mass is 159 g/mol. The second-order valence-corrected chi connectivity index (χ2v) is 3.29. The van der Waals surface area contributed by atoms with E-state index in [4.69, 9.17) is 5.26 Å². The predicted octanol–water partition coefficient (Wildman–Crippen LogP) is 2.98. The smallest absolute Gasteiger partial charge is 0.0826 e. The van der Waals surface area contributed by atoms with E-state index in [0.29, 0.717) is 0 Å². The van der Waals surface area contributed by atoms with Gasteiger partial charge in [-0.2, -0.15) is 5.26 Å². The summed E-state index contributed by atoms with van der Waals surface area (Å²) in [5.74, 6) is 0. The summed E-state index contributed by atoms with van der Waals surface area (Å²) < 4.78 is 0. The molecule has 0 aliphatic heterocycles. The molecule has 0 atom stereocenters. The van der Waals surface area contributed by atoms with Crippen LogP contribution in [0.15, 0.2) is 36.5 Å². The molecule has 1 rings (SSSR count). The number of nitrogens with zero attached hydrogens (tertiary/aromatic N) is 1. The Bertz CT molecular complexity index is 285. The average molecular weight is 159 g/mol. The molecule has 1 nitrogen and oxygen atoms in total. The first-order chi connectivity index (χ1) is 5.66. The van der Waals surface area contributed by atoms with Gasteiger partial charge in [0.15, 0.2) is 0 Å². The first-order valence-electron chi connectivity index (χ1n) is 4.06. The lowest BCUT2D eigenvalue weighted by molar-refractivity contribution is 0.813. The molecule has 1 heteroatoms. The van der Waals surface area contributed by atoms with E-state index < -0.39 is 0 Å². The molecule has 0 bridgehead atoms. The van der Waals surface area contributed by atoms with Gasteiger partial charge in [-0.1, -0.05) is 30.9 Å². The van der Waals surface area contributed by atoms with Gasteiger partial charge >= 0.3 is 0 Å². The largest absolute Gasteiger partial charge is 0.197 e. The van der Waals surface area contributed by atoms with Crippen LogP contribution in [-0.4, -0.2) is 0 Å². The van der Waals surface area contributed by atoms with Crippen molar-refractivity contribution >= 4 is 0 Å². The highest BCUT2D eigenvalue weighted by Crippen LogP contribution is 2.53. The molecule has 0 heterocycles. The minimum absolute atomic E-state index is 0.222. The number of allylic oxidation sites excluding steroid dienone is 4. The number of nitriles is 1. The summed E-state index contributed by atoms with van der Waals surface area (Å²) in [5, 5.41) is 8.94. The van der Waals surface area contributed by atoms with Crippen LogP contribution in [0.1, 0.15) is 19.8 Å². The van der Waals surface area contributed by atoms with Crippen molar-refractivity contribution in [2.45, 2.75) is 19.8 Å². The maximum absolute atomic E-state index is 8.94. The molecular formula is C11H13N. The molecular weight excluding hydrogens is 146 g/mol. The lowest BCUT2D eigenvalue weighted by Gasteiger charge is -2.10. The minimum Gasteiger partial charge on any atom is -0.197 e. The van der Waals surface area contributed by atoms with E-state index in [1.54, 1.807) is 6.08 Å². The van der Waals surface area contributed by atoms with E-state index in [9.17, 15) is 0 Å². The molecule has 1 aliphatic rings. The first-order valence-corrected chi connectivity index (χ1v) is 4.06. The van der Waals surface area contributed by atoms with E-state index in [0.717, 1.165) is 24.0 Å². The maximum Gasteiger partial charge on any atom is 0.0826 e. The maximum atomic E-state index is 8.94. The zero-order valence-electron chi connectivity index (χ0n) is 7.43. The molecule has 0 unspecified atom stereocenters. The summed E-state index contributed by atoms with van der Waals surface area (Å²) in [6.07, 6.45) is 5.56. The SMILES string of the molecule is C=C/C=C(\C(=C)C)C1(C#N)CC1. The van der Waals surface area contributed by atoms with Crippen LogP contribution in [0.2, 0.25) is 0 Å². The second-order valence-electron chi connectivity index (χ2n) is 3.29. The highest BCUT2D eigenvalue weighted by molar-refractivity contribution is 5.44. The van der Waals surface area contributed by atoms with Crippen LogP contribution in [0.4, 0.5) is 0 Å². The molecule has 0 amide bonds. The number of rotatable bonds is 3. The van der Waals surface area contributed by atoms with Crippen molar-refractivity contribution in [3.63, 3.8) is 0 Å². The van der Waals surface area contributed by atoms with E-state index >= 15 is 0 Å².